The van der Waals surface area contributed by atoms with Crippen LogP contribution in [0.25, 0.3) is 0 Å². The van der Waals surface area contributed by atoms with Gasteiger partial charge < -0.3 is 5.32 Å². The van der Waals surface area contributed by atoms with Gasteiger partial charge in [-0.1, -0.05) is 43.5 Å². The highest BCUT2D eigenvalue weighted by atomic mass is 79.9. The van der Waals surface area contributed by atoms with Crippen LogP contribution in [-0.2, 0) is 0 Å². The molecular weight excluding hydrogens is 413 g/mol. The fourth-order valence-corrected chi connectivity index (χ4v) is 3.05. The van der Waals surface area contributed by atoms with Gasteiger partial charge in [0.2, 0.25) is 0 Å². The number of hydrogen-bond acceptors (Lipinski definition) is 2. The zero-order valence-corrected chi connectivity index (χ0v) is 14.3. The molecule has 0 atom stereocenters. The van der Waals surface area contributed by atoms with Crippen LogP contribution in [0.1, 0.15) is 10.4 Å². The quantitative estimate of drug-likeness (QED) is 0.624. The first kappa shape index (κ1) is 14.9. The van der Waals surface area contributed by atoms with Crippen molar-refractivity contribution in [3.05, 3.63) is 55.9 Å². The minimum atomic E-state index is -0.248. The van der Waals surface area contributed by atoms with Gasteiger partial charge in [0.05, 0.1) is 16.3 Å². The third kappa shape index (κ3) is 3.75. The summed E-state index contributed by atoms with van der Waals surface area (Å²) in [6.07, 6.45) is 0. The number of rotatable bonds is 2. The third-order valence-corrected chi connectivity index (χ3v) is 4.05. The summed E-state index contributed by atoms with van der Waals surface area (Å²) >= 11 is 17.0. The van der Waals surface area contributed by atoms with E-state index in [2.05, 4.69) is 49.8 Å². The summed E-state index contributed by atoms with van der Waals surface area (Å²) in [5, 5.41) is 3.23. The first-order chi connectivity index (χ1) is 8.97. The van der Waals surface area contributed by atoms with Crippen LogP contribution in [0, 0.1) is 0 Å². The van der Waals surface area contributed by atoms with E-state index in [1.54, 1.807) is 30.3 Å². The van der Waals surface area contributed by atoms with Crippen LogP contribution in [0.4, 0.5) is 5.69 Å². The topological polar surface area (TPSA) is 29.1 Å². The second-order valence-electron chi connectivity index (χ2n) is 3.74. The molecule has 0 saturated carbocycles. The highest BCUT2D eigenvalue weighted by Crippen LogP contribution is 2.27. The molecule has 2 aromatic carbocycles. The van der Waals surface area contributed by atoms with Gasteiger partial charge in [-0.15, -0.1) is 12.6 Å². The van der Waals surface area contributed by atoms with Crippen molar-refractivity contribution in [2.75, 3.05) is 5.32 Å². The summed E-state index contributed by atoms with van der Waals surface area (Å²) in [5.74, 6) is -0.248. The van der Waals surface area contributed by atoms with Crippen molar-refractivity contribution in [2.24, 2.45) is 0 Å². The Kier molecular flexibility index (Phi) is 4.95. The van der Waals surface area contributed by atoms with Crippen LogP contribution in [0.2, 0.25) is 5.02 Å². The molecule has 2 aromatic rings. The van der Waals surface area contributed by atoms with E-state index in [0.717, 1.165) is 8.95 Å². The monoisotopic (exact) mass is 419 g/mol. The number of amides is 1. The fourth-order valence-electron chi connectivity index (χ4n) is 1.48. The molecule has 1 N–H and O–H groups in total. The highest BCUT2D eigenvalue weighted by molar-refractivity contribution is 9.10. The van der Waals surface area contributed by atoms with Crippen LogP contribution in [0.3, 0.4) is 0 Å². The number of carbonyl (C=O) groups is 1. The van der Waals surface area contributed by atoms with Crippen molar-refractivity contribution >= 4 is 67.7 Å². The average molecular weight is 422 g/mol. The lowest BCUT2D eigenvalue weighted by atomic mass is 10.2. The number of halogens is 3. The van der Waals surface area contributed by atoms with Gasteiger partial charge in [-0.2, -0.15) is 0 Å². The lowest BCUT2D eigenvalue weighted by Crippen LogP contribution is -2.13. The number of thiol groups is 1. The molecule has 0 spiro atoms. The molecule has 2 nitrogen and oxygen atoms in total. The lowest BCUT2D eigenvalue weighted by molar-refractivity contribution is 0.102. The molecule has 0 aliphatic carbocycles. The normalized spacial score (nSPS) is 10.3. The van der Waals surface area contributed by atoms with Crippen molar-refractivity contribution in [3.63, 3.8) is 0 Å². The van der Waals surface area contributed by atoms with Crippen LogP contribution in [0.5, 0.6) is 0 Å². The maximum atomic E-state index is 12.1. The number of carbonyl (C=O) groups excluding carboxylic acids is 1. The van der Waals surface area contributed by atoms with Crippen molar-refractivity contribution in [1.82, 2.24) is 0 Å². The Labute approximate surface area is 138 Å². The van der Waals surface area contributed by atoms with Crippen molar-refractivity contribution < 1.29 is 4.79 Å². The molecule has 0 aliphatic heterocycles. The summed E-state index contributed by atoms with van der Waals surface area (Å²) in [6, 6.07) is 10.5. The molecule has 0 aromatic heterocycles. The van der Waals surface area contributed by atoms with Crippen LogP contribution < -0.4 is 5.32 Å². The maximum absolute atomic E-state index is 12.1. The van der Waals surface area contributed by atoms with Crippen LogP contribution in [0.15, 0.2) is 50.2 Å². The Morgan fingerprint density at radius 3 is 2.37 bits per heavy atom. The fraction of sp³-hybridized carbons (Fsp3) is 0. The van der Waals surface area contributed by atoms with Gasteiger partial charge in [0.1, 0.15) is 0 Å². The molecule has 0 saturated heterocycles. The van der Waals surface area contributed by atoms with E-state index in [1.165, 1.54) is 0 Å². The van der Waals surface area contributed by atoms with Gasteiger partial charge in [0.15, 0.2) is 0 Å². The SMILES string of the molecule is O=C(Nc1ccc(Br)cc1Cl)c1ccc(Br)cc1S. The molecule has 0 aliphatic rings. The minimum absolute atomic E-state index is 0.248. The van der Waals surface area contributed by atoms with Crippen molar-refractivity contribution in [1.29, 1.82) is 0 Å². The van der Waals surface area contributed by atoms with Gasteiger partial charge >= 0.3 is 0 Å². The summed E-state index contributed by atoms with van der Waals surface area (Å²) in [5.41, 5.74) is 1.05. The number of anilines is 1. The summed E-state index contributed by atoms with van der Waals surface area (Å²) in [7, 11) is 0. The third-order valence-electron chi connectivity index (χ3n) is 2.38. The van der Waals surface area contributed by atoms with Gasteiger partial charge in [0, 0.05) is 13.8 Å². The second kappa shape index (κ2) is 6.31. The van der Waals surface area contributed by atoms with E-state index in [1.807, 2.05) is 6.07 Å². The van der Waals surface area contributed by atoms with E-state index in [-0.39, 0.29) is 5.91 Å². The molecule has 0 unspecified atom stereocenters. The highest BCUT2D eigenvalue weighted by Gasteiger charge is 2.11. The number of hydrogen-bond donors (Lipinski definition) is 2. The van der Waals surface area contributed by atoms with Gasteiger partial charge in [0.25, 0.3) is 5.91 Å². The Hall–Kier alpha value is -0.490. The second-order valence-corrected chi connectivity index (χ2v) is 6.46. The van der Waals surface area contributed by atoms with Gasteiger partial charge in [-0.25, -0.2) is 0 Å². The van der Waals surface area contributed by atoms with Crippen molar-refractivity contribution in [3.8, 4) is 0 Å². The largest absolute Gasteiger partial charge is 0.321 e. The maximum Gasteiger partial charge on any atom is 0.256 e. The van der Waals surface area contributed by atoms with Crippen molar-refractivity contribution in [2.45, 2.75) is 4.90 Å². The standard InChI is InChI=1S/C13H8Br2ClNOS/c14-7-2-4-11(10(16)5-7)17-13(18)9-3-1-8(15)6-12(9)19/h1-6,19H,(H,17,18). The predicted molar refractivity (Wildman–Crippen MR) is 88.5 cm³/mol. The Morgan fingerprint density at radius 2 is 1.74 bits per heavy atom. The number of benzene rings is 2. The molecule has 0 fully saturated rings. The molecule has 0 heterocycles. The molecule has 2 rings (SSSR count). The van der Waals surface area contributed by atoms with E-state index in [4.69, 9.17) is 11.6 Å². The predicted octanol–water partition coefficient (Wildman–Crippen LogP) is 5.41. The summed E-state index contributed by atoms with van der Waals surface area (Å²) < 4.78 is 1.73. The smallest absolute Gasteiger partial charge is 0.256 e. The van der Waals surface area contributed by atoms with E-state index in [9.17, 15) is 4.79 Å². The van der Waals surface area contributed by atoms with E-state index < -0.39 is 0 Å². The molecule has 6 heteroatoms. The summed E-state index contributed by atoms with van der Waals surface area (Å²) in [4.78, 5) is 12.7. The van der Waals surface area contributed by atoms with E-state index in [0.29, 0.717) is 21.2 Å². The Balaban J connectivity index is 2.25. The first-order valence-corrected chi connectivity index (χ1v) is 7.63. The van der Waals surface area contributed by atoms with Gasteiger partial charge in [-0.05, 0) is 36.4 Å². The van der Waals surface area contributed by atoms with Crippen LogP contribution in [-0.4, -0.2) is 5.91 Å². The first-order valence-electron chi connectivity index (χ1n) is 5.22. The van der Waals surface area contributed by atoms with E-state index >= 15 is 0 Å². The molecule has 98 valence electrons. The Morgan fingerprint density at radius 1 is 1.11 bits per heavy atom. The molecule has 0 radical (unpaired) electrons. The minimum Gasteiger partial charge on any atom is -0.321 e. The molecule has 0 bridgehead atoms. The zero-order chi connectivity index (χ0) is 14.0. The zero-order valence-electron chi connectivity index (χ0n) is 9.45. The molecular formula is C13H8Br2ClNOS. The molecule has 1 amide bonds. The lowest BCUT2D eigenvalue weighted by Gasteiger charge is -2.09. The van der Waals surface area contributed by atoms with Crippen LogP contribution >= 0.6 is 56.1 Å². The average Bonchev–Trinajstić information content (AvgIpc) is 2.32. The molecule has 19 heavy (non-hydrogen) atoms. The number of nitrogens with one attached hydrogen (secondary N) is 1. The van der Waals surface area contributed by atoms with Gasteiger partial charge in [-0.3, -0.25) is 4.79 Å². The summed E-state index contributed by atoms with van der Waals surface area (Å²) in [6.45, 7) is 0. The Bertz CT molecular complexity index is 649.